The Morgan fingerprint density at radius 1 is 1.23 bits per heavy atom. The molecule has 1 aromatic carbocycles. The minimum atomic E-state index is -0.499. The SMILES string of the molecule is CC(C)CC(=N)c1nc2ccc(-c3ccnc(F)c3)cc2[nH]1. The highest BCUT2D eigenvalue weighted by atomic mass is 19.1. The van der Waals surface area contributed by atoms with Crippen molar-refractivity contribution in [1.29, 1.82) is 5.41 Å². The van der Waals surface area contributed by atoms with E-state index >= 15 is 0 Å². The standard InChI is InChI=1S/C17H17FN4/c1-10(2)7-13(19)17-21-14-4-3-11(8-15(14)22-17)12-5-6-20-16(18)9-12/h3-6,8-10,19H,7H2,1-2H3,(H,21,22). The van der Waals surface area contributed by atoms with Gasteiger partial charge in [0.25, 0.3) is 0 Å². The first kappa shape index (κ1) is 14.4. The fraction of sp³-hybridized carbons (Fsp3) is 0.235. The van der Waals surface area contributed by atoms with Crippen molar-refractivity contribution in [1.82, 2.24) is 15.0 Å². The molecule has 4 nitrogen and oxygen atoms in total. The van der Waals surface area contributed by atoms with E-state index in [1.165, 1.54) is 12.3 Å². The van der Waals surface area contributed by atoms with Crippen molar-refractivity contribution in [2.24, 2.45) is 5.92 Å². The molecule has 3 aromatic rings. The summed E-state index contributed by atoms with van der Waals surface area (Å²) in [4.78, 5) is 11.2. The maximum Gasteiger partial charge on any atom is 0.213 e. The zero-order chi connectivity index (χ0) is 15.7. The number of nitrogens with one attached hydrogen (secondary N) is 2. The van der Waals surface area contributed by atoms with Crippen molar-refractivity contribution < 1.29 is 4.39 Å². The van der Waals surface area contributed by atoms with Crippen LogP contribution in [0.1, 0.15) is 26.1 Å². The highest BCUT2D eigenvalue weighted by Crippen LogP contribution is 2.24. The topological polar surface area (TPSA) is 65.4 Å². The summed E-state index contributed by atoms with van der Waals surface area (Å²) in [6.07, 6.45) is 2.13. The summed E-state index contributed by atoms with van der Waals surface area (Å²) in [5, 5.41) is 8.09. The zero-order valence-corrected chi connectivity index (χ0v) is 12.5. The van der Waals surface area contributed by atoms with E-state index in [-0.39, 0.29) is 0 Å². The molecule has 0 amide bonds. The Kier molecular flexibility index (Phi) is 3.71. The Bertz CT molecular complexity index is 836. The van der Waals surface area contributed by atoms with Crippen molar-refractivity contribution >= 4 is 16.7 Å². The predicted molar refractivity (Wildman–Crippen MR) is 85.6 cm³/mol. The van der Waals surface area contributed by atoms with Gasteiger partial charge in [-0.15, -0.1) is 0 Å². The molecule has 22 heavy (non-hydrogen) atoms. The van der Waals surface area contributed by atoms with Crippen molar-refractivity contribution in [2.45, 2.75) is 20.3 Å². The lowest BCUT2D eigenvalue weighted by Gasteiger charge is -2.02. The second-order valence-electron chi connectivity index (χ2n) is 5.76. The van der Waals surface area contributed by atoms with E-state index < -0.39 is 5.95 Å². The number of halogens is 1. The van der Waals surface area contributed by atoms with E-state index in [1.54, 1.807) is 6.07 Å². The van der Waals surface area contributed by atoms with Crippen molar-refractivity contribution in [3.05, 3.63) is 48.3 Å². The molecule has 0 aliphatic rings. The number of pyridine rings is 1. The summed E-state index contributed by atoms with van der Waals surface area (Å²) in [5.41, 5.74) is 3.81. The molecule has 0 aliphatic carbocycles. The monoisotopic (exact) mass is 296 g/mol. The third kappa shape index (κ3) is 2.88. The fourth-order valence-electron chi connectivity index (χ4n) is 2.42. The lowest BCUT2D eigenvalue weighted by atomic mass is 10.1. The van der Waals surface area contributed by atoms with E-state index in [2.05, 4.69) is 28.8 Å². The van der Waals surface area contributed by atoms with Gasteiger partial charge in [0.15, 0.2) is 5.82 Å². The number of fused-ring (bicyclic) bond motifs is 1. The van der Waals surface area contributed by atoms with Crippen molar-refractivity contribution in [2.75, 3.05) is 0 Å². The number of rotatable bonds is 4. The van der Waals surface area contributed by atoms with Crippen molar-refractivity contribution in [3.63, 3.8) is 0 Å². The first-order valence-corrected chi connectivity index (χ1v) is 7.22. The van der Waals surface area contributed by atoms with Gasteiger partial charge < -0.3 is 10.4 Å². The van der Waals surface area contributed by atoms with Crippen LogP contribution in [-0.4, -0.2) is 20.7 Å². The molecular formula is C17H17FN4. The van der Waals surface area contributed by atoms with Crippen LogP contribution in [0.5, 0.6) is 0 Å². The molecule has 0 saturated heterocycles. The number of H-pyrrole nitrogens is 1. The largest absolute Gasteiger partial charge is 0.337 e. The molecule has 0 unspecified atom stereocenters. The molecule has 2 heterocycles. The third-order valence-electron chi connectivity index (χ3n) is 3.44. The van der Waals surface area contributed by atoms with Crippen LogP contribution in [0, 0.1) is 17.3 Å². The van der Waals surface area contributed by atoms with Crippen LogP contribution in [0.2, 0.25) is 0 Å². The smallest absolute Gasteiger partial charge is 0.213 e. The van der Waals surface area contributed by atoms with E-state index in [4.69, 9.17) is 5.41 Å². The Balaban J connectivity index is 1.98. The van der Waals surface area contributed by atoms with Gasteiger partial charge in [-0.3, -0.25) is 0 Å². The average Bonchev–Trinajstić information content (AvgIpc) is 2.89. The Labute approximate surface area is 127 Å². The number of imidazole rings is 1. The van der Waals surface area contributed by atoms with Crippen LogP contribution in [0.15, 0.2) is 36.5 Å². The van der Waals surface area contributed by atoms with E-state index in [9.17, 15) is 4.39 Å². The Morgan fingerprint density at radius 3 is 2.73 bits per heavy atom. The quantitative estimate of drug-likeness (QED) is 0.560. The summed E-state index contributed by atoms with van der Waals surface area (Å²) >= 11 is 0. The van der Waals surface area contributed by atoms with Gasteiger partial charge in [-0.1, -0.05) is 19.9 Å². The van der Waals surface area contributed by atoms with Gasteiger partial charge in [-0.25, -0.2) is 9.97 Å². The third-order valence-corrected chi connectivity index (χ3v) is 3.44. The van der Waals surface area contributed by atoms with Crippen LogP contribution >= 0.6 is 0 Å². The normalized spacial score (nSPS) is 11.3. The van der Waals surface area contributed by atoms with Crippen LogP contribution in [0.25, 0.3) is 22.2 Å². The highest BCUT2D eigenvalue weighted by molar-refractivity contribution is 5.98. The van der Waals surface area contributed by atoms with Crippen LogP contribution in [0.3, 0.4) is 0 Å². The number of nitrogens with zero attached hydrogens (tertiary/aromatic N) is 2. The molecule has 0 fully saturated rings. The van der Waals surface area contributed by atoms with Crippen LogP contribution in [-0.2, 0) is 0 Å². The summed E-state index contributed by atoms with van der Waals surface area (Å²) in [7, 11) is 0. The second-order valence-corrected chi connectivity index (χ2v) is 5.76. The summed E-state index contributed by atoms with van der Waals surface area (Å²) < 4.78 is 13.2. The van der Waals surface area contributed by atoms with Gasteiger partial charge in [-0.2, -0.15) is 4.39 Å². The highest BCUT2D eigenvalue weighted by Gasteiger charge is 2.10. The summed E-state index contributed by atoms with van der Waals surface area (Å²) in [6, 6.07) is 8.87. The van der Waals surface area contributed by atoms with Gasteiger partial charge in [0.05, 0.1) is 16.7 Å². The van der Waals surface area contributed by atoms with Crippen LogP contribution < -0.4 is 0 Å². The summed E-state index contributed by atoms with van der Waals surface area (Å²) in [5.74, 6) is 0.513. The van der Waals surface area contributed by atoms with Crippen molar-refractivity contribution in [3.8, 4) is 11.1 Å². The van der Waals surface area contributed by atoms with Gasteiger partial charge in [0.1, 0.15) is 0 Å². The van der Waals surface area contributed by atoms with Crippen LogP contribution in [0.4, 0.5) is 4.39 Å². The Morgan fingerprint density at radius 2 is 2.00 bits per heavy atom. The number of benzene rings is 1. The predicted octanol–water partition coefficient (Wildman–Crippen LogP) is 4.18. The molecule has 0 atom stereocenters. The maximum atomic E-state index is 13.2. The lowest BCUT2D eigenvalue weighted by molar-refractivity contribution is 0.584. The van der Waals surface area contributed by atoms with E-state index in [0.717, 1.165) is 22.2 Å². The fourth-order valence-corrected chi connectivity index (χ4v) is 2.42. The second kappa shape index (κ2) is 5.67. The number of hydrogen-bond donors (Lipinski definition) is 2. The molecule has 0 radical (unpaired) electrons. The molecule has 0 bridgehead atoms. The molecule has 0 aliphatic heterocycles. The van der Waals surface area contributed by atoms with Gasteiger partial charge in [0.2, 0.25) is 5.95 Å². The first-order valence-electron chi connectivity index (χ1n) is 7.22. The molecular weight excluding hydrogens is 279 g/mol. The van der Waals surface area contributed by atoms with Gasteiger partial charge in [0, 0.05) is 12.3 Å². The minimum absolute atomic E-state index is 0.413. The molecule has 5 heteroatoms. The Hall–Kier alpha value is -2.56. The zero-order valence-electron chi connectivity index (χ0n) is 12.5. The number of aromatic amines is 1. The van der Waals surface area contributed by atoms with Gasteiger partial charge in [-0.05, 0) is 41.7 Å². The number of hydrogen-bond acceptors (Lipinski definition) is 3. The average molecular weight is 296 g/mol. The van der Waals surface area contributed by atoms with E-state index in [1.807, 2.05) is 18.2 Å². The lowest BCUT2D eigenvalue weighted by Crippen LogP contribution is -2.05. The molecule has 2 aromatic heterocycles. The minimum Gasteiger partial charge on any atom is -0.337 e. The molecule has 0 spiro atoms. The molecule has 112 valence electrons. The first-order chi connectivity index (χ1) is 10.5. The summed E-state index contributed by atoms with van der Waals surface area (Å²) in [6.45, 7) is 4.15. The van der Waals surface area contributed by atoms with Gasteiger partial charge >= 0.3 is 0 Å². The maximum absolute atomic E-state index is 13.2. The molecule has 2 N–H and O–H groups in total. The number of aromatic nitrogens is 3. The van der Waals surface area contributed by atoms with E-state index in [0.29, 0.717) is 23.9 Å². The molecule has 0 saturated carbocycles. The molecule has 3 rings (SSSR count).